The molecule has 0 radical (unpaired) electrons. The van der Waals surface area contributed by atoms with Gasteiger partial charge in [0.1, 0.15) is 0 Å². The van der Waals surface area contributed by atoms with Crippen LogP contribution in [0.4, 0.5) is 0 Å². The van der Waals surface area contributed by atoms with Crippen molar-refractivity contribution < 1.29 is 9.47 Å². The Labute approximate surface area is 430 Å². The first-order chi connectivity index (χ1) is 36.2. The molecule has 0 atom stereocenters. The third-order valence-electron chi connectivity index (χ3n) is 13.0. The molecule has 73 heavy (non-hydrogen) atoms. The summed E-state index contributed by atoms with van der Waals surface area (Å²) in [6.07, 6.45) is 19.1. The number of para-hydroxylation sites is 5. The molecular formula is C57H67N13O2S. The number of ether oxygens (including phenoxy) is 2. The lowest BCUT2D eigenvalue weighted by Crippen LogP contribution is -2.23. The summed E-state index contributed by atoms with van der Waals surface area (Å²) in [6, 6.07) is 36.6. The van der Waals surface area contributed by atoms with Gasteiger partial charge in [0, 0.05) is 80.6 Å². The van der Waals surface area contributed by atoms with E-state index < -0.39 is 0 Å². The van der Waals surface area contributed by atoms with E-state index in [9.17, 15) is 0 Å². The molecule has 5 aliphatic heterocycles. The second kappa shape index (κ2) is 27.5. The van der Waals surface area contributed by atoms with Crippen molar-refractivity contribution in [2.24, 2.45) is 0 Å². The molecule has 0 fully saturated rings. The van der Waals surface area contributed by atoms with Crippen molar-refractivity contribution >= 4 is 33.3 Å². The van der Waals surface area contributed by atoms with Crippen molar-refractivity contribution in [2.45, 2.75) is 77.5 Å². The molecule has 6 aliphatic rings. The standard InChI is InChI=1S/C9H11N.C8H7N.C7H10N2.C7H6N2.C7H9NS.C7H6O2.2C6H9N3/c1-2-4-9-7-10-6-5-8(9)3-1;1-2-4-8-7(3-1)5-6-9-8;1-4-9-7-2-3-8-5-6(1)7;3*1-2-4-7-6(3-1)8-5-9-7;1-2-7-3-6-5(1)8-4-9-6;1-2-7-4-6-5(1)3-8-9-6/h1-4,10H,5-7H2;1-6,9H;1,4,8-9H,2-3,5H2;1-5H,(H,8,9);5H,1-4H2;1-4H,5H2;4,7H,1-3H2,(H,8,9);3,7H,1-2,4H2,(H,8,9). The van der Waals surface area contributed by atoms with E-state index in [1.54, 1.807) is 12.7 Å². The minimum absolute atomic E-state index is 0.360. The van der Waals surface area contributed by atoms with Crippen molar-refractivity contribution in [1.82, 2.24) is 66.4 Å². The Morgan fingerprint density at radius 2 is 1.12 bits per heavy atom. The second-order valence-electron chi connectivity index (χ2n) is 17.9. The largest absolute Gasteiger partial charge is 0.454 e. The molecule has 0 unspecified atom stereocenters. The first-order valence-corrected chi connectivity index (χ1v) is 26.3. The lowest BCUT2D eigenvalue weighted by Gasteiger charge is -2.15. The lowest BCUT2D eigenvalue weighted by molar-refractivity contribution is 0.174. The van der Waals surface area contributed by atoms with E-state index in [1.807, 2.05) is 96.1 Å². The SMILES string of the molecule is c1cc2c([nH]1)CCNC2.c1ccc2[nH]ccc2c1.c1ccc2[nH]cnc2c1.c1ccc2c(c1)CCNC2.c1ccc2c(c1)OCO2.c1n[nH]c2c1CCNC2.c1nc2c([nH]1)CNCC2.c1nc2c(s1)CCCC2. The van der Waals surface area contributed by atoms with Crippen LogP contribution in [0.5, 0.6) is 11.5 Å². The van der Waals surface area contributed by atoms with Crippen molar-refractivity contribution in [1.29, 1.82) is 0 Å². The van der Waals surface area contributed by atoms with Crippen LogP contribution in [0.15, 0.2) is 146 Å². The fourth-order valence-corrected chi connectivity index (χ4v) is 9.83. The number of imidazole rings is 2. The second-order valence-corrected chi connectivity index (χ2v) is 18.9. The summed E-state index contributed by atoms with van der Waals surface area (Å²) in [5, 5.41) is 21.3. The Balaban J connectivity index is 0.000000103. The van der Waals surface area contributed by atoms with E-state index in [4.69, 9.17) is 9.47 Å². The van der Waals surface area contributed by atoms with Gasteiger partial charge in [-0.25, -0.2) is 15.0 Å². The van der Waals surface area contributed by atoms with Gasteiger partial charge in [-0.1, -0.05) is 66.7 Å². The highest BCUT2D eigenvalue weighted by Gasteiger charge is 2.12. The number of hydrogen-bond donors (Lipinski definition) is 9. The number of benzene rings is 4. The zero-order valence-electron chi connectivity index (χ0n) is 41.4. The number of nitrogens with one attached hydrogen (secondary N) is 9. The van der Waals surface area contributed by atoms with E-state index in [0.29, 0.717) is 6.79 Å². The molecule has 15 nitrogen and oxygen atoms in total. The van der Waals surface area contributed by atoms with Crippen LogP contribution in [0.1, 0.15) is 68.4 Å². The Kier molecular flexibility index (Phi) is 19.0. The Morgan fingerprint density at radius 1 is 0.452 bits per heavy atom. The third-order valence-corrected chi connectivity index (χ3v) is 13.9. The van der Waals surface area contributed by atoms with E-state index in [-0.39, 0.29) is 0 Å². The van der Waals surface area contributed by atoms with Crippen LogP contribution < -0.4 is 30.7 Å². The first-order valence-electron chi connectivity index (χ1n) is 25.5. The molecule has 10 aromatic rings. The maximum Gasteiger partial charge on any atom is 0.231 e. The molecular weight excluding hydrogens is 931 g/mol. The number of rotatable bonds is 0. The summed E-state index contributed by atoms with van der Waals surface area (Å²) in [7, 11) is 0. The minimum Gasteiger partial charge on any atom is -0.454 e. The zero-order chi connectivity index (χ0) is 49.5. The maximum atomic E-state index is 5.08. The van der Waals surface area contributed by atoms with Crippen LogP contribution in [0.2, 0.25) is 0 Å². The van der Waals surface area contributed by atoms with Gasteiger partial charge in [0.15, 0.2) is 11.5 Å². The topological polar surface area (TPSA) is 197 Å². The van der Waals surface area contributed by atoms with E-state index in [1.165, 1.54) is 98.6 Å². The summed E-state index contributed by atoms with van der Waals surface area (Å²) in [5.74, 6) is 1.69. The zero-order valence-corrected chi connectivity index (χ0v) is 42.2. The summed E-state index contributed by atoms with van der Waals surface area (Å²) < 4.78 is 10.2. The molecule has 0 spiro atoms. The molecule has 9 N–H and O–H groups in total. The number of hydrogen-bond acceptors (Lipinski definition) is 11. The van der Waals surface area contributed by atoms with Crippen LogP contribution in [-0.2, 0) is 64.7 Å². The van der Waals surface area contributed by atoms with Gasteiger partial charge in [0.05, 0.1) is 58.2 Å². The molecule has 0 saturated heterocycles. The normalized spacial score (nSPS) is 15.0. The van der Waals surface area contributed by atoms with Crippen molar-refractivity contribution in [2.75, 3.05) is 33.0 Å². The summed E-state index contributed by atoms with van der Waals surface area (Å²) in [5.41, 5.74) is 17.6. The van der Waals surface area contributed by atoms with Gasteiger partial charge in [0.2, 0.25) is 6.79 Å². The van der Waals surface area contributed by atoms with Crippen LogP contribution >= 0.6 is 11.3 Å². The van der Waals surface area contributed by atoms with Gasteiger partial charge in [-0.2, -0.15) is 5.10 Å². The van der Waals surface area contributed by atoms with Gasteiger partial charge in [-0.3, -0.25) is 5.10 Å². The molecule has 16 rings (SSSR count). The summed E-state index contributed by atoms with van der Waals surface area (Å²) >= 11 is 1.81. The van der Waals surface area contributed by atoms with E-state index in [0.717, 1.165) is 94.2 Å². The van der Waals surface area contributed by atoms with Crippen molar-refractivity contribution in [3.05, 3.63) is 202 Å². The maximum absolute atomic E-state index is 5.08. The molecule has 6 aromatic heterocycles. The molecule has 11 heterocycles. The highest BCUT2D eigenvalue weighted by atomic mass is 32.1. The molecule has 378 valence electrons. The average Bonchev–Trinajstić information content (AvgIpc) is 4.33. The van der Waals surface area contributed by atoms with Gasteiger partial charge >= 0.3 is 0 Å². The fraction of sp³-hybridized carbons (Fsp3) is 0.298. The van der Waals surface area contributed by atoms with Crippen LogP contribution in [-0.4, -0.2) is 78.1 Å². The molecule has 1 aliphatic carbocycles. The van der Waals surface area contributed by atoms with Gasteiger partial charge in [0.25, 0.3) is 0 Å². The predicted molar refractivity (Wildman–Crippen MR) is 292 cm³/mol. The van der Waals surface area contributed by atoms with E-state index in [2.05, 4.69) is 115 Å². The highest BCUT2D eigenvalue weighted by Crippen LogP contribution is 2.30. The Hall–Kier alpha value is -7.34. The molecule has 0 amide bonds. The van der Waals surface area contributed by atoms with Gasteiger partial charge in [-0.15, -0.1) is 11.3 Å². The monoisotopic (exact) mass is 998 g/mol. The number of thiazole rings is 1. The van der Waals surface area contributed by atoms with Crippen LogP contribution in [0.3, 0.4) is 0 Å². The Bertz CT molecular complexity index is 2700. The minimum atomic E-state index is 0.360. The highest BCUT2D eigenvalue weighted by molar-refractivity contribution is 7.09. The molecule has 4 aromatic carbocycles. The number of nitrogens with zero attached hydrogens (tertiary/aromatic N) is 4. The smallest absolute Gasteiger partial charge is 0.231 e. The lowest BCUT2D eigenvalue weighted by atomic mass is 10.0. The number of aromatic nitrogens is 9. The first kappa shape index (κ1) is 50.6. The van der Waals surface area contributed by atoms with Crippen molar-refractivity contribution in [3.63, 3.8) is 0 Å². The fourth-order valence-electron chi connectivity index (χ4n) is 8.97. The van der Waals surface area contributed by atoms with Gasteiger partial charge in [-0.05, 0) is 122 Å². The van der Waals surface area contributed by atoms with Gasteiger partial charge < -0.3 is 50.7 Å². The predicted octanol–water partition coefficient (Wildman–Crippen LogP) is 9.27. The third kappa shape index (κ3) is 15.1. The number of aryl methyl sites for hydroxylation is 2. The molecule has 0 bridgehead atoms. The Morgan fingerprint density at radius 3 is 1.90 bits per heavy atom. The molecule has 16 heteroatoms. The average molecular weight is 998 g/mol. The summed E-state index contributed by atoms with van der Waals surface area (Å²) in [6.45, 7) is 8.77. The summed E-state index contributed by atoms with van der Waals surface area (Å²) in [4.78, 5) is 26.5. The quantitative estimate of drug-likeness (QED) is 0.0706. The number of aromatic amines is 5. The van der Waals surface area contributed by atoms with Crippen LogP contribution in [0, 0.1) is 0 Å². The van der Waals surface area contributed by atoms with Crippen molar-refractivity contribution in [3.8, 4) is 11.5 Å². The molecule has 0 saturated carbocycles. The van der Waals surface area contributed by atoms with E-state index >= 15 is 0 Å². The number of H-pyrrole nitrogens is 5. The van der Waals surface area contributed by atoms with Crippen LogP contribution in [0.25, 0.3) is 21.9 Å². The number of fused-ring (bicyclic) bond motifs is 8.